The molecular formula is C26H22F2N4O. The fourth-order valence-electron chi connectivity index (χ4n) is 3.99. The van der Waals surface area contributed by atoms with Gasteiger partial charge in [0.2, 0.25) is 5.88 Å². The van der Waals surface area contributed by atoms with Crippen molar-refractivity contribution in [3.05, 3.63) is 107 Å². The first-order valence-corrected chi connectivity index (χ1v) is 10.6. The minimum absolute atomic E-state index is 0.113. The van der Waals surface area contributed by atoms with Gasteiger partial charge in [0.05, 0.1) is 29.5 Å². The van der Waals surface area contributed by atoms with Crippen LogP contribution in [0, 0.1) is 25.5 Å². The Kier molecular flexibility index (Phi) is 5.38. The number of rotatable bonds is 6. The Morgan fingerprint density at radius 1 is 0.939 bits per heavy atom. The number of pyridine rings is 1. The second-order valence-corrected chi connectivity index (χ2v) is 8.03. The van der Waals surface area contributed by atoms with Crippen molar-refractivity contribution in [2.24, 2.45) is 0 Å². The number of hydrogen-bond donors (Lipinski definition) is 0. The molecule has 0 radical (unpaired) electrons. The number of hydrogen-bond acceptors (Lipinski definition) is 3. The van der Waals surface area contributed by atoms with Crippen molar-refractivity contribution < 1.29 is 13.5 Å². The van der Waals surface area contributed by atoms with E-state index in [1.165, 1.54) is 18.2 Å². The molecule has 0 fully saturated rings. The molecule has 5 nitrogen and oxygen atoms in total. The molecule has 166 valence electrons. The first-order chi connectivity index (χ1) is 16.0. The summed E-state index contributed by atoms with van der Waals surface area (Å²) in [6.07, 6.45) is 3.82. The zero-order valence-corrected chi connectivity index (χ0v) is 18.3. The number of benzene rings is 2. The van der Waals surface area contributed by atoms with Crippen LogP contribution in [0.1, 0.15) is 22.4 Å². The number of halogens is 2. The van der Waals surface area contributed by atoms with Crippen LogP contribution < -0.4 is 4.74 Å². The van der Waals surface area contributed by atoms with Crippen LogP contribution in [-0.2, 0) is 13.2 Å². The summed E-state index contributed by atoms with van der Waals surface area (Å²) in [5.41, 5.74) is 5.53. The van der Waals surface area contributed by atoms with Gasteiger partial charge in [0.15, 0.2) is 0 Å². The molecule has 0 atom stereocenters. The van der Waals surface area contributed by atoms with E-state index < -0.39 is 11.6 Å². The summed E-state index contributed by atoms with van der Waals surface area (Å²) in [6, 6.07) is 17.7. The van der Waals surface area contributed by atoms with Crippen molar-refractivity contribution in [3.63, 3.8) is 0 Å². The fraction of sp³-hybridized carbons (Fsp3) is 0.154. The van der Waals surface area contributed by atoms with E-state index in [2.05, 4.69) is 22.3 Å². The topological polar surface area (TPSA) is 44.4 Å². The molecule has 0 amide bonds. The second kappa shape index (κ2) is 8.50. The van der Waals surface area contributed by atoms with E-state index in [1.54, 1.807) is 10.6 Å². The van der Waals surface area contributed by atoms with Gasteiger partial charge < -0.3 is 4.74 Å². The minimum Gasteiger partial charge on any atom is -0.473 e. The highest BCUT2D eigenvalue weighted by Gasteiger charge is 2.18. The van der Waals surface area contributed by atoms with Gasteiger partial charge in [-0.2, -0.15) is 10.2 Å². The van der Waals surface area contributed by atoms with Crippen LogP contribution in [0.4, 0.5) is 8.78 Å². The Morgan fingerprint density at radius 2 is 1.70 bits per heavy atom. The summed E-state index contributed by atoms with van der Waals surface area (Å²) in [7, 11) is 0. The second-order valence-electron chi connectivity index (χ2n) is 8.03. The van der Waals surface area contributed by atoms with Gasteiger partial charge in [-0.05, 0) is 43.2 Å². The van der Waals surface area contributed by atoms with Crippen molar-refractivity contribution in [1.29, 1.82) is 0 Å². The van der Waals surface area contributed by atoms with E-state index in [0.717, 1.165) is 33.5 Å². The molecule has 0 bridgehead atoms. The molecule has 33 heavy (non-hydrogen) atoms. The van der Waals surface area contributed by atoms with Crippen LogP contribution >= 0.6 is 0 Å². The predicted octanol–water partition coefficient (Wildman–Crippen LogP) is 5.72. The van der Waals surface area contributed by atoms with Crippen LogP contribution in [0.25, 0.3) is 16.6 Å². The van der Waals surface area contributed by atoms with Gasteiger partial charge in [0, 0.05) is 23.4 Å². The Morgan fingerprint density at radius 3 is 2.45 bits per heavy atom. The number of nitrogens with zero attached hydrogens (tertiary/aromatic N) is 4. The summed E-state index contributed by atoms with van der Waals surface area (Å²) >= 11 is 0. The third-order valence-electron chi connectivity index (χ3n) is 5.56. The lowest BCUT2D eigenvalue weighted by atomic mass is 10.1. The molecule has 0 spiro atoms. The Balaban J connectivity index is 1.49. The zero-order valence-electron chi connectivity index (χ0n) is 18.3. The highest BCUT2D eigenvalue weighted by Crippen LogP contribution is 2.32. The van der Waals surface area contributed by atoms with Crippen LogP contribution in [0.15, 0.2) is 73.1 Å². The average molecular weight is 444 g/mol. The summed E-state index contributed by atoms with van der Waals surface area (Å²) in [6.45, 7) is 4.30. The Labute approximate surface area is 189 Å². The van der Waals surface area contributed by atoms with Gasteiger partial charge in [-0.25, -0.2) is 13.3 Å². The quantitative estimate of drug-likeness (QED) is 0.336. The molecule has 2 aromatic carbocycles. The number of fused-ring (bicyclic) bond motifs is 1. The monoisotopic (exact) mass is 444 g/mol. The smallest absolute Gasteiger partial charge is 0.215 e. The maximum absolute atomic E-state index is 14.0. The van der Waals surface area contributed by atoms with Crippen LogP contribution in [0.5, 0.6) is 5.88 Å². The molecule has 0 aliphatic rings. The summed E-state index contributed by atoms with van der Waals surface area (Å²) < 4.78 is 37.5. The highest BCUT2D eigenvalue weighted by molar-refractivity contribution is 5.82. The molecule has 0 saturated carbocycles. The largest absolute Gasteiger partial charge is 0.473 e. The van der Waals surface area contributed by atoms with Gasteiger partial charge in [-0.15, -0.1) is 0 Å². The average Bonchev–Trinajstić information content (AvgIpc) is 3.37. The SMILES string of the molecule is Cc1cc(OCc2c(F)cccc2F)n2nc(C)c(-c3cnn(Cc4ccccc4)c3)c2c1. The van der Waals surface area contributed by atoms with E-state index in [4.69, 9.17) is 4.74 Å². The Hall–Kier alpha value is -4.00. The normalized spacial score (nSPS) is 11.3. The molecule has 0 aliphatic carbocycles. The number of ether oxygens (including phenoxy) is 1. The predicted molar refractivity (Wildman–Crippen MR) is 122 cm³/mol. The van der Waals surface area contributed by atoms with E-state index in [-0.39, 0.29) is 12.2 Å². The van der Waals surface area contributed by atoms with Crippen LogP contribution in [0.3, 0.4) is 0 Å². The maximum Gasteiger partial charge on any atom is 0.215 e. The molecule has 3 heterocycles. The molecule has 3 aromatic heterocycles. The molecule has 0 saturated heterocycles. The van der Waals surface area contributed by atoms with E-state index in [1.807, 2.05) is 55.2 Å². The van der Waals surface area contributed by atoms with Crippen molar-refractivity contribution in [2.75, 3.05) is 0 Å². The zero-order chi connectivity index (χ0) is 22.9. The third-order valence-corrected chi connectivity index (χ3v) is 5.56. The van der Waals surface area contributed by atoms with Crippen molar-refractivity contribution >= 4 is 5.52 Å². The molecular weight excluding hydrogens is 422 g/mol. The van der Waals surface area contributed by atoms with E-state index in [9.17, 15) is 8.78 Å². The van der Waals surface area contributed by atoms with Crippen molar-refractivity contribution in [3.8, 4) is 17.0 Å². The molecule has 5 aromatic rings. The fourth-order valence-corrected chi connectivity index (χ4v) is 3.99. The number of aromatic nitrogens is 4. The van der Waals surface area contributed by atoms with Gasteiger partial charge in [0.1, 0.15) is 18.2 Å². The first kappa shape index (κ1) is 20.9. The van der Waals surface area contributed by atoms with Crippen molar-refractivity contribution in [2.45, 2.75) is 27.0 Å². The number of aryl methyl sites for hydroxylation is 2. The Bertz CT molecular complexity index is 1420. The summed E-state index contributed by atoms with van der Waals surface area (Å²) in [4.78, 5) is 0. The van der Waals surface area contributed by atoms with Gasteiger partial charge in [-0.3, -0.25) is 4.68 Å². The standard InChI is InChI=1S/C26H22F2N4O/c1-17-11-24-26(20-13-29-31(15-20)14-19-7-4-3-5-8-19)18(2)30-32(24)25(12-17)33-16-21-22(27)9-6-10-23(21)28/h3-13,15H,14,16H2,1-2H3. The van der Waals surface area contributed by atoms with E-state index in [0.29, 0.717) is 12.4 Å². The van der Waals surface area contributed by atoms with Gasteiger partial charge in [0.25, 0.3) is 0 Å². The lowest BCUT2D eigenvalue weighted by molar-refractivity contribution is 0.274. The molecule has 0 unspecified atom stereocenters. The van der Waals surface area contributed by atoms with Crippen LogP contribution in [0.2, 0.25) is 0 Å². The molecule has 7 heteroatoms. The minimum atomic E-state index is -0.637. The molecule has 5 rings (SSSR count). The molecule has 0 N–H and O–H groups in total. The molecule has 0 aliphatic heterocycles. The van der Waals surface area contributed by atoms with E-state index >= 15 is 0 Å². The first-order valence-electron chi connectivity index (χ1n) is 10.6. The lowest BCUT2D eigenvalue weighted by Crippen LogP contribution is -2.05. The highest BCUT2D eigenvalue weighted by atomic mass is 19.1. The van der Waals surface area contributed by atoms with Gasteiger partial charge in [-0.1, -0.05) is 36.4 Å². The van der Waals surface area contributed by atoms with Gasteiger partial charge >= 0.3 is 0 Å². The van der Waals surface area contributed by atoms with Crippen LogP contribution in [-0.4, -0.2) is 19.4 Å². The maximum atomic E-state index is 14.0. The summed E-state index contributed by atoms with van der Waals surface area (Å²) in [5.74, 6) is -0.859. The van der Waals surface area contributed by atoms with Crippen molar-refractivity contribution in [1.82, 2.24) is 19.4 Å². The summed E-state index contributed by atoms with van der Waals surface area (Å²) in [5, 5.41) is 9.17. The third kappa shape index (κ3) is 4.09. The lowest BCUT2D eigenvalue weighted by Gasteiger charge is -2.11.